The highest BCUT2D eigenvalue weighted by Gasteiger charge is 2.45. The average molecular weight is 187 g/mol. The Balaban J connectivity index is 4.81. The molecule has 0 saturated heterocycles. The molecule has 0 rings (SSSR count). The fourth-order valence-corrected chi connectivity index (χ4v) is 1.40. The minimum atomic E-state index is -0.675. The van der Waals surface area contributed by atoms with E-state index in [4.69, 9.17) is 17.2 Å². The molecule has 0 saturated carbocycles. The van der Waals surface area contributed by atoms with Gasteiger partial charge >= 0.3 is 0 Å². The molecule has 3 nitrogen and oxygen atoms in total. The van der Waals surface area contributed by atoms with E-state index in [9.17, 15) is 0 Å². The topological polar surface area (TPSA) is 78.1 Å². The minimum absolute atomic E-state index is 0.0556. The molecular formula is C10H25N3. The zero-order chi connectivity index (χ0) is 10.9. The van der Waals surface area contributed by atoms with Crippen molar-refractivity contribution in [3.05, 3.63) is 0 Å². The van der Waals surface area contributed by atoms with Gasteiger partial charge in [0.1, 0.15) is 0 Å². The summed E-state index contributed by atoms with van der Waals surface area (Å²) in [4.78, 5) is 0. The number of hydrogen-bond acceptors (Lipinski definition) is 3. The van der Waals surface area contributed by atoms with E-state index in [-0.39, 0.29) is 10.8 Å². The molecule has 13 heavy (non-hydrogen) atoms. The van der Waals surface area contributed by atoms with Crippen molar-refractivity contribution >= 4 is 0 Å². The Morgan fingerprint density at radius 3 is 1.54 bits per heavy atom. The van der Waals surface area contributed by atoms with Gasteiger partial charge in [0.25, 0.3) is 0 Å². The molecule has 0 aromatic heterocycles. The van der Waals surface area contributed by atoms with Gasteiger partial charge in [-0.1, -0.05) is 27.7 Å². The van der Waals surface area contributed by atoms with Crippen LogP contribution in [0.15, 0.2) is 0 Å². The number of nitrogens with two attached hydrogens (primary N) is 3. The zero-order valence-corrected chi connectivity index (χ0v) is 9.65. The molecule has 3 heteroatoms. The van der Waals surface area contributed by atoms with E-state index in [0.717, 1.165) is 6.42 Å². The van der Waals surface area contributed by atoms with Crippen molar-refractivity contribution in [2.45, 2.75) is 46.7 Å². The molecule has 0 aliphatic heterocycles. The van der Waals surface area contributed by atoms with Crippen LogP contribution in [0.25, 0.3) is 0 Å². The van der Waals surface area contributed by atoms with Crippen molar-refractivity contribution in [1.82, 2.24) is 0 Å². The first-order valence-corrected chi connectivity index (χ1v) is 4.84. The van der Waals surface area contributed by atoms with E-state index >= 15 is 0 Å². The SMILES string of the molecule is CC(N)(N)C(C)(C)C(C)(C)CCN. The van der Waals surface area contributed by atoms with Gasteiger partial charge in [-0.25, -0.2) is 0 Å². The summed E-state index contributed by atoms with van der Waals surface area (Å²) >= 11 is 0. The monoisotopic (exact) mass is 187 g/mol. The lowest BCUT2D eigenvalue weighted by atomic mass is 9.60. The highest BCUT2D eigenvalue weighted by atomic mass is 15.0. The van der Waals surface area contributed by atoms with Crippen LogP contribution in [0.1, 0.15) is 41.0 Å². The fraction of sp³-hybridized carbons (Fsp3) is 1.00. The zero-order valence-electron chi connectivity index (χ0n) is 9.65. The summed E-state index contributed by atoms with van der Waals surface area (Å²) in [6.07, 6.45) is 0.935. The van der Waals surface area contributed by atoms with Crippen LogP contribution in [0.4, 0.5) is 0 Å². The Morgan fingerprint density at radius 1 is 0.923 bits per heavy atom. The minimum Gasteiger partial charge on any atom is -0.330 e. The largest absolute Gasteiger partial charge is 0.330 e. The van der Waals surface area contributed by atoms with Crippen LogP contribution < -0.4 is 17.2 Å². The van der Waals surface area contributed by atoms with Crippen LogP contribution in [0, 0.1) is 10.8 Å². The van der Waals surface area contributed by atoms with Crippen molar-refractivity contribution in [3.8, 4) is 0 Å². The molecule has 0 aliphatic carbocycles. The maximum absolute atomic E-state index is 5.97. The molecule has 0 fully saturated rings. The van der Waals surface area contributed by atoms with Crippen LogP contribution in [0.2, 0.25) is 0 Å². The summed E-state index contributed by atoms with van der Waals surface area (Å²) < 4.78 is 0. The first-order valence-electron chi connectivity index (χ1n) is 4.84. The summed E-state index contributed by atoms with van der Waals surface area (Å²) in [5, 5.41) is 0. The fourth-order valence-electron chi connectivity index (χ4n) is 1.40. The lowest BCUT2D eigenvalue weighted by Crippen LogP contribution is -2.63. The molecule has 0 unspecified atom stereocenters. The Hall–Kier alpha value is -0.120. The predicted molar refractivity (Wildman–Crippen MR) is 58.0 cm³/mol. The smallest absolute Gasteiger partial charge is 0.0665 e. The molecule has 0 aromatic carbocycles. The molecule has 0 radical (unpaired) electrons. The Kier molecular flexibility index (Phi) is 3.53. The summed E-state index contributed by atoms with van der Waals surface area (Å²) in [5.41, 5.74) is 16.7. The molecular weight excluding hydrogens is 162 g/mol. The molecule has 0 heterocycles. The second-order valence-corrected chi connectivity index (χ2v) is 5.33. The van der Waals surface area contributed by atoms with Gasteiger partial charge in [0.05, 0.1) is 5.66 Å². The molecule has 0 bridgehead atoms. The third kappa shape index (κ3) is 2.42. The van der Waals surface area contributed by atoms with Gasteiger partial charge < -0.3 is 17.2 Å². The molecule has 80 valence electrons. The van der Waals surface area contributed by atoms with Crippen molar-refractivity contribution in [2.24, 2.45) is 28.0 Å². The van der Waals surface area contributed by atoms with Gasteiger partial charge in [-0.05, 0) is 25.3 Å². The standard InChI is InChI=1S/C10H25N3/c1-8(2,6-7-11)9(3,4)10(5,12)13/h6-7,11-13H2,1-5H3. The maximum Gasteiger partial charge on any atom is 0.0665 e. The third-order valence-electron chi connectivity index (χ3n) is 3.81. The lowest BCUT2D eigenvalue weighted by Gasteiger charge is -2.50. The molecule has 0 aromatic rings. The molecule has 0 aliphatic rings. The molecule has 0 atom stereocenters. The van der Waals surface area contributed by atoms with E-state index in [1.807, 2.05) is 6.92 Å². The van der Waals surface area contributed by atoms with Gasteiger partial charge in [0, 0.05) is 5.41 Å². The predicted octanol–water partition coefficient (Wildman–Crippen LogP) is 1.02. The normalized spacial score (nSPS) is 14.8. The second kappa shape index (κ2) is 3.56. The van der Waals surface area contributed by atoms with Gasteiger partial charge in [-0.3, -0.25) is 0 Å². The van der Waals surface area contributed by atoms with E-state index < -0.39 is 5.66 Å². The second-order valence-electron chi connectivity index (χ2n) is 5.33. The van der Waals surface area contributed by atoms with E-state index in [2.05, 4.69) is 27.7 Å². The van der Waals surface area contributed by atoms with Gasteiger partial charge in [0.2, 0.25) is 0 Å². The number of rotatable bonds is 4. The quantitative estimate of drug-likeness (QED) is 0.575. The van der Waals surface area contributed by atoms with Crippen LogP contribution in [0.5, 0.6) is 0 Å². The summed E-state index contributed by atoms with van der Waals surface area (Å²) in [6.45, 7) is 11.1. The van der Waals surface area contributed by atoms with Gasteiger partial charge in [0.15, 0.2) is 0 Å². The summed E-state index contributed by atoms with van der Waals surface area (Å²) in [5.74, 6) is 0. The van der Waals surface area contributed by atoms with Crippen molar-refractivity contribution in [2.75, 3.05) is 6.54 Å². The van der Waals surface area contributed by atoms with Crippen LogP contribution in [-0.2, 0) is 0 Å². The maximum atomic E-state index is 5.97. The molecule has 6 N–H and O–H groups in total. The highest BCUT2D eigenvalue weighted by molar-refractivity contribution is 4.98. The third-order valence-corrected chi connectivity index (χ3v) is 3.81. The summed E-state index contributed by atoms with van der Waals surface area (Å²) in [7, 11) is 0. The molecule has 0 spiro atoms. The van der Waals surface area contributed by atoms with Crippen LogP contribution >= 0.6 is 0 Å². The molecule has 0 amide bonds. The summed E-state index contributed by atoms with van der Waals surface area (Å²) in [6, 6.07) is 0. The van der Waals surface area contributed by atoms with Crippen molar-refractivity contribution in [1.29, 1.82) is 0 Å². The van der Waals surface area contributed by atoms with Crippen molar-refractivity contribution in [3.63, 3.8) is 0 Å². The van der Waals surface area contributed by atoms with Crippen LogP contribution in [0.3, 0.4) is 0 Å². The first kappa shape index (κ1) is 12.9. The van der Waals surface area contributed by atoms with E-state index in [0.29, 0.717) is 6.54 Å². The first-order chi connectivity index (χ1) is 5.56. The Labute approximate surface area is 82.0 Å². The van der Waals surface area contributed by atoms with Gasteiger partial charge in [-0.2, -0.15) is 0 Å². The number of hydrogen-bond donors (Lipinski definition) is 3. The average Bonchev–Trinajstić information content (AvgIpc) is 1.84. The highest BCUT2D eigenvalue weighted by Crippen LogP contribution is 2.45. The van der Waals surface area contributed by atoms with Gasteiger partial charge in [-0.15, -0.1) is 0 Å². The van der Waals surface area contributed by atoms with Crippen LogP contribution in [-0.4, -0.2) is 12.2 Å². The van der Waals surface area contributed by atoms with E-state index in [1.165, 1.54) is 0 Å². The van der Waals surface area contributed by atoms with E-state index in [1.54, 1.807) is 0 Å². The Morgan fingerprint density at radius 2 is 1.31 bits per heavy atom. The lowest BCUT2D eigenvalue weighted by molar-refractivity contribution is 0.0238. The Bertz CT molecular complexity index is 165. The van der Waals surface area contributed by atoms with Crippen molar-refractivity contribution < 1.29 is 0 Å².